The van der Waals surface area contributed by atoms with E-state index in [-0.39, 0.29) is 5.56 Å². The van der Waals surface area contributed by atoms with Gasteiger partial charge in [0.25, 0.3) is 5.56 Å². The third-order valence-electron chi connectivity index (χ3n) is 3.12. The fraction of sp³-hybridized carbons (Fsp3) is 0.357. The molecule has 0 amide bonds. The molecule has 0 fully saturated rings. The van der Waals surface area contributed by atoms with E-state index in [0.29, 0.717) is 12.1 Å². The molecular formula is C14H16N2O3S. The summed E-state index contributed by atoms with van der Waals surface area (Å²) in [6.07, 6.45) is 2.44. The highest BCUT2D eigenvalue weighted by Gasteiger charge is 2.16. The average molecular weight is 292 g/mol. The maximum atomic E-state index is 12.2. The van der Waals surface area contributed by atoms with Crippen molar-refractivity contribution in [1.82, 2.24) is 9.55 Å². The van der Waals surface area contributed by atoms with Gasteiger partial charge in [-0.05, 0) is 31.9 Å². The number of hydrogen-bond acceptors (Lipinski definition) is 4. The molecule has 20 heavy (non-hydrogen) atoms. The van der Waals surface area contributed by atoms with Crippen molar-refractivity contribution in [2.45, 2.75) is 33.7 Å². The minimum atomic E-state index is -1.18. The Morgan fingerprint density at radius 2 is 2.15 bits per heavy atom. The minimum Gasteiger partial charge on any atom is -0.477 e. The number of aromatic carboxylic acids is 1. The number of aromatic nitrogens is 2. The van der Waals surface area contributed by atoms with Crippen LogP contribution in [-0.2, 0) is 13.0 Å². The highest BCUT2D eigenvalue weighted by Crippen LogP contribution is 2.19. The maximum absolute atomic E-state index is 12.2. The second-order valence-corrected chi connectivity index (χ2v) is 5.86. The molecule has 6 heteroatoms. The molecule has 0 spiro atoms. The van der Waals surface area contributed by atoms with Gasteiger partial charge >= 0.3 is 5.97 Å². The van der Waals surface area contributed by atoms with Gasteiger partial charge in [0.05, 0.1) is 17.2 Å². The van der Waals surface area contributed by atoms with E-state index < -0.39 is 11.5 Å². The van der Waals surface area contributed by atoms with Crippen LogP contribution in [0.25, 0.3) is 0 Å². The van der Waals surface area contributed by atoms with E-state index in [1.807, 2.05) is 13.8 Å². The van der Waals surface area contributed by atoms with Crippen LogP contribution in [0.3, 0.4) is 0 Å². The Balaban J connectivity index is 2.47. The first kappa shape index (κ1) is 14.5. The summed E-state index contributed by atoms with van der Waals surface area (Å²) in [4.78, 5) is 28.8. The number of carboxylic acids is 1. The van der Waals surface area contributed by atoms with E-state index in [9.17, 15) is 9.59 Å². The quantitative estimate of drug-likeness (QED) is 0.938. The average Bonchev–Trinajstić information content (AvgIpc) is 2.73. The molecule has 0 bridgehead atoms. The van der Waals surface area contributed by atoms with Crippen LogP contribution in [0.5, 0.6) is 0 Å². The first-order chi connectivity index (χ1) is 9.43. The molecule has 5 nitrogen and oxygen atoms in total. The standard InChI is InChI=1S/C14H16N2O3S/c1-4-10-11(20-9(3)15-10)7-16-6-5-8(2)12(13(16)17)14(18)19/h5-6H,4,7H2,1-3H3,(H,18,19). The topological polar surface area (TPSA) is 72.2 Å². The molecule has 0 aromatic carbocycles. The molecule has 0 aliphatic carbocycles. The van der Waals surface area contributed by atoms with Crippen LogP contribution in [-0.4, -0.2) is 20.6 Å². The molecule has 106 valence electrons. The lowest BCUT2D eigenvalue weighted by atomic mass is 10.1. The molecule has 0 unspecified atom stereocenters. The van der Waals surface area contributed by atoms with Crippen LogP contribution in [0, 0.1) is 13.8 Å². The lowest BCUT2D eigenvalue weighted by Gasteiger charge is -2.08. The van der Waals surface area contributed by atoms with Crippen molar-refractivity contribution in [1.29, 1.82) is 0 Å². The van der Waals surface area contributed by atoms with Gasteiger partial charge in [-0.25, -0.2) is 9.78 Å². The number of hydrogen-bond donors (Lipinski definition) is 1. The Morgan fingerprint density at radius 1 is 1.45 bits per heavy atom. The van der Waals surface area contributed by atoms with Crippen LogP contribution in [0.4, 0.5) is 0 Å². The van der Waals surface area contributed by atoms with Gasteiger partial charge in [-0.2, -0.15) is 0 Å². The molecule has 2 aromatic heterocycles. The van der Waals surface area contributed by atoms with Crippen molar-refractivity contribution in [2.24, 2.45) is 0 Å². The van der Waals surface area contributed by atoms with Crippen molar-refractivity contribution < 1.29 is 9.90 Å². The Labute approximate surface area is 120 Å². The SMILES string of the molecule is CCc1nc(C)sc1Cn1ccc(C)c(C(=O)O)c1=O. The highest BCUT2D eigenvalue weighted by atomic mass is 32.1. The zero-order valence-corrected chi connectivity index (χ0v) is 12.5. The molecule has 0 aliphatic heterocycles. The summed E-state index contributed by atoms with van der Waals surface area (Å²) < 4.78 is 1.43. The van der Waals surface area contributed by atoms with Gasteiger partial charge in [-0.1, -0.05) is 6.92 Å². The molecule has 1 N–H and O–H groups in total. The van der Waals surface area contributed by atoms with E-state index in [2.05, 4.69) is 4.98 Å². The van der Waals surface area contributed by atoms with Crippen molar-refractivity contribution in [3.8, 4) is 0 Å². The van der Waals surface area contributed by atoms with Crippen molar-refractivity contribution >= 4 is 17.3 Å². The van der Waals surface area contributed by atoms with E-state index in [1.165, 1.54) is 4.57 Å². The number of rotatable bonds is 4. The van der Waals surface area contributed by atoms with Gasteiger partial charge in [-0.15, -0.1) is 11.3 Å². The zero-order valence-electron chi connectivity index (χ0n) is 11.6. The van der Waals surface area contributed by atoms with Crippen molar-refractivity contribution in [2.75, 3.05) is 0 Å². The number of aryl methyl sites for hydroxylation is 3. The molecular weight excluding hydrogens is 276 g/mol. The van der Waals surface area contributed by atoms with Gasteiger partial charge in [0.1, 0.15) is 5.56 Å². The molecule has 0 radical (unpaired) electrons. The van der Waals surface area contributed by atoms with Gasteiger partial charge < -0.3 is 9.67 Å². The normalized spacial score (nSPS) is 10.8. The second-order valence-electron chi connectivity index (χ2n) is 4.57. The number of pyridine rings is 1. The molecule has 0 atom stereocenters. The third-order valence-corrected chi connectivity index (χ3v) is 4.12. The first-order valence-electron chi connectivity index (χ1n) is 6.32. The number of nitrogens with zero attached hydrogens (tertiary/aromatic N) is 2. The number of carbonyl (C=O) groups is 1. The zero-order chi connectivity index (χ0) is 14.9. The third kappa shape index (κ3) is 2.65. The predicted octanol–water partition coefficient (Wildman–Crippen LogP) is 2.23. The van der Waals surface area contributed by atoms with E-state index in [1.54, 1.807) is 30.5 Å². The number of carboxylic acid groups (broad SMARTS) is 1. The van der Waals surface area contributed by atoms with Crippen LogP contribution >= 0.6 is 11.3 Å². The lowest BCUT2D eigenvalue weighted by Crippen LogP contribution is -2.27. The Morgan fingerprint density at radius 3 is 2.75 bits per heavy atom. The van der Waals surface area contributed by atoms with Gasteiger partial charge in [0.2, 0.25) is 0 Å². The minimum absolute atomic E-state index is 0.160. The summed E-state index contributed by atoms with van der Waals surface area (Å²) >= 11 is 1.54. The highest BCUT2D eigenvalue weighted by molar-refractivity contribution is 7.11. The summed E-state index contributed by atoms with van der Waals surface area (Å²) in [5.41, 5.74) is 0.823. The van der Waals surface area contributed by atoms with E-state index >= 15 is 0 Å². The predicted molar refractivity (Wildman–Crippen MR) is 77.7 cm³/mol. The Bertz CT molecular complexity index is 716. The van der Waals surface area contributed by atoms with Gasteiger partial charge in [0, 0.05) is 11.1 Å². The van der Waals surface area contributed by atoms with E-state index in [4.69, 9.17) is 5.11 Å². The molecule has 0 saturated carbocycles. The molecule has 2 rings (SSSR count). The van der Waals surface area contributed by atoms with Crippen LogP contribution in [0.15, 0.2) is 17.1 Å². The smallest absolute Gasteiger partial charge is 0.341 e. The van der Waals surface area contributed by atoms with E-state index in [0.717, 1.165) is 22.0 Å². The molecule has 0 aliphatic rings. The summed E-state index contributed by atoms with van der Waals surface area (Å²) in [6, 6.07) is 1.66. The number of thiazole rings is 1. The summed E-state index contributed by atoms with van der Waals surface area (Å²) in [7, 11) is 0. The van der Waals surface area contributed by atoms with Crippen LogP contribution in [0.1, 0.15) is 38.4 Å². The summed E-state index contributed by atoms with van der Waals surface area (Å²) in [5, 5.41) is 10.1. The Kier molecular flexibility index (Phi) is 4.04. The largest absolute Gasteiger partial charge is 0.477 e. The van der Waals surface area contributed by atoms with Crippen LogP contribution in [0.2, 0.25) is 0 Å². The fourth-order valence-electron chi connectivity index (χ4n) is 2.12. The monoisotopic (exact) mass is 292 g/mol. The van der Waals surface area contributed by atoms with Crippen molar-refractivity contribution in [3.05, 3.63) is 49.3 Å². The summed E-state index contributed by atoms with van der Waals surface area (Å²) in [5.74, 6) is -1.18. The first-order valence-corrected chi connectivity index (χ1v) is 7.14. The second kappa shape index (κ2) is 5.58. The summed E-state index contributed by atoms with van der Waals surface area (Å²) in [6.45, 7) is 5.93. The Hall–Kier alpha value is -1.95. The van der Waals surface area contributed by atoms with Crippen LogP contribution < -0.4 is 5.56 Å². The maximum Gasteiger partial charge on any atom is 0.341 e. The van der Waals surface area contributed by atoms with Gasteiger partial charge in [-0.3, -0.25) is 4.79 Å². The molecule has 2 aromatic rings. The fourth-order valence-corrected chi connectivity index (χ4v) is 3.14. The van der Waals surface area contributed by atoms with Crippen molar-refractivity contribution in [3.63, 3.8) is 0 Å². The molecule has 0 saturated heterocycles. The lowest BCUT2D eigenvalue weighted by molar-refractivity contribution is 0.0693. The van der Waals surface area contributed by atoms with Gasteiger partial charge in [0.15, 0.2) is 0 Å². The molecule has 2 heterocycles.